The largest absolute Gasteiger partial charge is 0.489 e. The van der Waals surface area contributed by atoms with Crippen LogP contribution in [0.25, 0.3) is 0 Å². The first-order chi connectivity index (χ1) is 10.5. The van der Waals surface area contributed by atoms with Gasteiger partial charge in [0.15, 0.2) is 6.10 Å². The summed E-state index contributed by atoms with van der Waals surface area (Å²) < 4.78 is 10.0. The molecular formula is C15H13Cl2NO4. The first-order valence-electron chi connectivity index (χ1n) is 6.30. The maximum Gasteiger partial charge on any atom is 0.339 e. The summed E-state index contributed by atoms with van der Waals surface area (Å²) in [4.78, 5) is 15.2. The molecule has 1 atom stereocenters. The summed E-state index contributed by atoms with van der Waals surface area (Å²) in [5, 5.41) is 10.3. The van der Waals surface area contributed by atoms with Crippen molar-refractivity contribution in [2.45, 2.75) is 12.7 Å². The monoisotopic (exact) mass is 341 g/mol. The number of methoxy groups -OCH3 is 1. The average Bonchev–Trinajstić information content (AvgIpc) is 2.55. The smallest absolute Gasteiger partial charge is 0.339 e. The van der Waals surface area contributed by atoms with Gasteiger partial charge in [0.25, 0.3) is 0 Å². The molecule has 1 aromatic carbocycles. The molecule has 0 aliphatic carbocycles. The van der Waals surface area contributed by atoms with Crippen LogP contribution >= 0.6 is 23.2 Å². The van der Waals surface area contributed by atoms with Crippen molar-refractivity contribution >= 4 is 29.2 Å². The summed E-state index contributed by atoms with van der Waals surface area (Å²) in [6.07, 6.45) is 0.266. The normalized spacial score (nSPS) is 11.8. The third kappa shape index (κ3) is 4.10. The van der Waals surface area contributed by atoms with E-state index in [9.17, 15) is 9.90 Å². The molecule has 1 aromatic heterocycles. The van der Waals surface area contributed by atoms with Crippen molar-refractivity contribution in [2.24, 2.45) is 0 Å². The van der Waals surface area contributed by atoms with Crippen molar-refractivity contribution < 1.29 is 19.4 Å². The Bertz CT molecular complexity index is 661. The second-order valence-corrected chi connectivity index (χ2v) is 5.16. The molecule has 5 nitrogen and oxygen atoms in total. The van der Waals surface area contributed by atoms with Crippen LogP contribution in [0.2, 0.25) is 10.2 Å². The number of aromatic nitrogens is 1. The quantitative estimate of drug-likeness (QED) is 0.668. The number of benzene rings is 1. The van der Waals surface area contributed by atoms with Crippen LogP contribution in [0.4, 0.5) is 0 Å². The maximum absolute atomic E-state index is 11.2. The van der Waals surface area contributed by atoms with Crippen LogP contribution in [-0.4, -0.2) is 23.2 Å². The van der Waals surface area contributed by atoms with Crippen molar-refractivity contribution in [3.8, 4) is 5.75 Å². The lowest BCUT2D eigenvalue weighted by atomic mass is 10.1. The molecule has 0 amide bonds. The molecule has 22 heavy (non-hydrogen) atoms. The number of pyridine rings is 1. The van der Waals surface area contributed by atoms with Crippen molar-refractivity contribution in [3.05, 3.63) is 57.8 Å². The summed E-state index contributed by atoms with van der Waals surface area (Å²) in [7, 11) is 1.22. The highest BCUT2D eigenvalue weighted by Gasteiger charge is 2.17. The summed E-state index contributed by atoms with van der Waals surface area (Å²) in [6.45, 7) is 0.267. The number of nitrogens with zero attached hydrogens (tertiary/aromatic N) is 1. The minimum Gasteiger partial charge on any atom is -0.489 e. The molecule has 1 N–H and O–H groups in total. The Kier molecular flexibility index (Phi) is 5.60. The van der Waals surface area contributed by atoms with Gasteiger partial charge in [-0.1, -0.05) is 35.3 Å². The third-order valence-corrected chi connectivity index (χ3v) is 3.56. The van der Waals surface area contributed by atoms with E-state index < -0.39 is 12.1 Å². The Labute approximate surface area is 137 Å². The predicted octanol–water partition coefficient (Wildman–Crippen LogP) is 3.17. The number of ether oxygens (including phenoxy) is 2. The molecule has 0 fully saturated rings. The van der Waals surface area contributed by atoms with Crippen LogP contribution in [0, 0.1) is 0 Å². The standard InChI is InChI=1S/C15H13Cl2NO4/c1-21-15(20)13(19)10-2-4-11(5-3-10)22-8-9-6-12(16)14(17)18-7-9/h2-7,13,19H,8H2,1H3. The maximum atomic E-state index is 11.2. The van der Waals surface area contributed by atoms with Gasteiger partial charge in [-0.05, 0) is 23.8 Å². The zero-order valence-corrected chi connectivity index (χ0v) is 13.1. The highest BCUT2D eigenvalue weighted by molar-refractivity contribution is 6.41. The lowest BCUT2D eigenvalue weighted by Crippen LogP contribution is -2.13. The van der Waals surface area contributed by atoms with E-state index in [1.165, 1.54) is 7.11 Å². The van der Waals surface area contributed by atoms with E-state index in [1.807, 2.05) is 0 Å². The molecule has 0 spiro atoms. The van der Waals surface area contributed by atoms with Gasteiger partial charge in [-0.25, -0.2) is 9.78 Å². The summed E-state index contributed by atoms with van der Waals surface area (Å²) >= 11 is 11.6. The molecule has 0 radical (unpaired) electrons. The first kappa shape index (κ1) is 16.5. The van der Waals surface area contributed by atoms with Crippen LogP contribution in [0.3, 0.4) is 0 Å². The first-order valence-corrected chi connectivity index (χ1v) is 7.05. The molecule has 0 aliphatic rings. The lowest BCUT2D eigenvalue weighted by molar-refractivity contribution is -0.150. The molecule has 1 unspecified atom stereocenters. The molecule has 2 rings (SSSR count). The average molecular weight is 342 g/mol. The van der Waals surface area contributed by atoms with Gasteiger partial charge in [0.2, 0.25) is 0 Å². The molecule has 0 aliphatic heterocycles. The summed E-state index contributed by atoms with van der Waals surface area (Å²) in [5.41, 5.74) is 1.20. The molecule has 0 saturated heterocycles. The van der Waals surface area contributed by atoms with E-state index in [4.69, 9.17) is 27.9 Å². The van der Waals surface area contributed by atoms with Gasteiger partial charge in [-0.3, -0.25) is 0 Å². The number of esters is 1. The van der Waals surface area contributed by atoms with Crippen LogP contribution in [0.5, 0.6) is 5.75 Å². The Balaban J connectivity index is 1.99. The van der Waals surface area contributed by atoms with Gasteiger partial charge in [0.05, 0.1) is 12.1 Å². The van der Waals surface area contributed by atoms with E-state index in [-0.39, 0.29) is 11.8 Å². The third-order valence-electron chi connectivity index (χ3n) is 2.88. The molecule has 116 valence electrons. The zero-order valence-electron chi connectivity index (χ0n) is 11.6. The van der Waals surface area contributed by atoms with Gasteiger partial charge < -0.3 is 14.6 Å². The molecule has 2 aromatic rings. The number of rotatable bonds is 5. The fraction of sp³-hybridized carbons (Fsp3) is 0.200. The van der Waals surface area contributed by atoms with E-state index in [0.717, 1.165) is 5.56 Å². The fourth-order valence-corrected chi connectivity index (χ4v) is 1.99. The second-order valence-electron chi connectivity index (χ2n) is 4.40. The van der Waals surface area contributed by atoms with Crippen molar-refractivity contribution in [1.82, 2.24) is 4.98 Å². The van der Waals surface area contributed by atoms with Gasteiger partial charge in [0.1, 0.15) is 17.5 Å². The molecule has 7 heteroatoms. The van der Waals surface area contributed by atoms with Crippen LogP contribution in [0.15, 0.2) is 36.5 Å². The minimum absolute atomic E-state index is 0.242. The van der Waals surface area contributed by atoms with Crippen molar-refractivity contribution in [2.75, 3.05) is 7.11 Å². The van der Waals surface area contributed by atoms with E-state index in [0.29, 0.717) is 16.3 Å². The second kappa shape index (κ2) is 7.45. The topological polar surface area (TPSA) is 68.7 Å². The lowest BCUT2D eigenvalue weighted by Gasteiger charge is -2.10. The molecule has 0 saturated carbocycles. The van der Waals surface area contributed by atoms with E-state index >= 15 is 0 Å². The highest BCUT2D eigenvalue weighted by atomic mass is 35.5. The Morgan fingerprint density at radius 2 is 2.00 bits per heavy atom. The summed E-state index contributed by atoms with van der Waals surface area (Å²) in [5.74, 6) is -0.137. The fourth-order valence-electron chi connectivity index (χ4n) is 1.70. The van der Waals surface area contributed by atoms with Crippen molar-refractivity contribution in [3.63, 3.8) is 0 Å². The Morgan fingerprint density at radius 1 is 1.32 bits per heavy atom. The predicted molar refractivity (Wildman–Crippen MR) is 82.0 cm³/mol. The number of aliphatic hydroxyl groups is 1. The number of halogens is 2. The van der Waals surface area contributed by atoms with Crippen molar-refractivity contribution in [1.29, 1.82) is 0 Å². The molecular weight excluding hydrogens is 329 g/mol. The molecule has 1 heterocycles. The van der Waals surface area contributed by atoms with Gasteiger partial charge in [-0.2, -0.15) is 0 Å². The van der Waals surface area contributed by atoms with Crippen LogP contribution < -0.4 is 4.74 Å². The van der Waals surface area contributed by atoms with E-state index in [1.54, 1.807) is 36.5 Å². The number of hydrogen-bond donors (Lipinski definition) is 1. The number of hydrogen-bond acceptors (Lipinski definition) is 5. The number of carbonyl (C=O) groups is 1. The minimum atomic E-state index is -1.31. The summed E-state index contributed by atoms with van der Waals surface area (Å²) in [6, 6.07) is 8.14. The number of aliphatic hydroxyl groups excluding tert-OH is 1. The highest BCUT2D eigenvalue weighted by Crippen LogP contribution is 2.22. The SMILES string of the molecule is COC(=O)C(O)c1ccc(OCc2cnc(Cl)c(Cl)c2)cc1. The van der Waals surface area contributed by atoms with Crippen LogP contribution in [0.1, 0.15) is 17.2 Å². The van der Waals surface area contributed by atoms with Gasteiger partial charge in [0, 0.05) is 11.8 Å². The van der Waals surface area contributed by atoms with E-state index in [2.05, 4.69) is 9.72 Å². The Hall–Kier alpha value is -1.82. The van der Waals surface area contributed by atoms with Gasteiger partial charge >= 0.3 is 5.97 Å². The van der Waals surface area contributed by atoms with Gasteiger partial charge in [-0.15, -0.1) is 0 Å². The Morgan fingerprint density at radius 3 is 2.59 bits per heavy atom. The number of carbonyl (C=O) groups excluding carboxylic acids is 1. The molecule has 0 bridgehead atoms. The van der Waals surface area contributed by atoms with Crippen LogP contribution in [-0.2, 0) is 16.1 Å². The zero-order chi connectivity index (χ0) is 16.1.